The third-order valence-electron chi connectivity index (χ3n) is 6.45. The molecule has 2 heterocycles. The van der Waals surface area contributed by atoms with E-state index in [2.05, 4.69) is 80.7 Å². The van der Waals surface area contributed by atoms with Crippen LogP contribution >= 0.6 is 15.9 Å². The monoisotopic (exact) mass is 412 g/mol. The summed E-state index contributed by atoms with van der Waals surface area (Å²) in [6, 6.07) is 20.1. The average molecular weight is 413 g/mol. The van der Waals surface area contributed by atoms with Gasteiger partial charge in [0.15, 0.2) is 0 Å². The fraction of sp³-hybridized carbons (Fsp3) is 0.478. The first-order chi connectivity index (χ1) is 12.8. The van der Waals surface area contributed by atoms with E-state index in [0.29, 0.717) is 5.41 Å². The van der Waals surface area contributed by atoms with Crippen molar-refractivity contribution in [1.82, 2.24) is 10.2 Å². The van der Waals surface area contributed by atoms with Crippen molar-refractivity contribution < 1.29 is 0 Å². The largest absolute Gasteiger partial charge is 0.316 e. The van der Waals surface area contributed by atoms with E-state index in [1.165, 1.54) is 50.9 Å². The van der Waals surface area contributed by atoms with Crippen molar-refractivity contribution in [2.75, 3.05) is 26.2 Å². The zero-order valence-corrected chi connectivity index (χ0v) is 17.0. The van der Waals surface area contributed by atoms with Crippen LogP contribution in [0.25, 0.3) is 0 Å². The summed E-state index contributed by atoms with van der Waals surface area (Å²) in [7, 11) is 0. The van der Waals surface area contributed by atoms with E-state index in [9.17, 15) is 0 Å². The van der Waals surface area contributed by atoms with Gasteiger partial charge in [-0.15, -0.1) is 0 Å². The van der Waals surface area contributed by atoms with E-state index in [4.69, 9.17) is 0 Å². The molecule has 2 aliphatic heterocycles. The van der Waals surface area contributed by atoms with Gasteiger partial charge in [0.2, 0.25) is 0 Å². The van der Waals surface area contributed by atoms with Crippen LogP contribution in [-0.4, -0.2) is 31.1 Å². The van der Waals surface area contributed by atoms with Crippen LogP contribution in [0.5, 0.6) is 0 Å². The van der Waals surface area contributed by atoms with Crippen LogP contribution in [0, 0.1) is 5.92 Å². The molecule has 0 aromatic heterocycles. The SMILES string of the molecule is Brc1ccc(CN2CCC(C3(c4ccccc4)CCCNC3)CC2)cc1. The van der Waals surface area contributed by atoms with E-state index >= 15 is 0 Å². The molecular weight excluding hydrogens is 384 g/mol. The van der Waals surface area contributed by atoms with E-state index in [0.717, 1.165) is 23.5 Å². The minimum absolute atomic E-state index is 0.337. The minimum atomic E-state index is 0.337. The summed E-state index contributed by atoms with van der Waals surface area (Å²) < 4.78 is 1.16. The molecule has 1 N–H and O–H groups in total. The van der Waals surface area contributed by atoms with Crippen LogP contribution in [0.3, 0.4) is 0 Å². The molecule has 0 spiro atoms. The van der Waals surface area contributed by atoms with E-state index in [1.807, 2.05) is 0 Å². The molecular formula is C23H29BrN2. The topological polar surface area (TPSA) is 15.3 Å². The highest BCUT2D eigenvalue weighted by Crippen LogP contribution is 2.43. The van der Waals surface area contributed by atoms with Crippen LogP contribution in [-0.2, 0) is 12.0 Å². The van der Waals surface area contributed by atoms with Crippen molar-refractivity contribution in [3.05, 3.63) is 70.2 Å². The summed E-state index contributed by atoms with van der Waals surface area (Å²) >= 11 is 3.53. The molecule has 0 bridgehead atoms. The first-order valence-corrected chi connectivity index (χ1v) is 10.8. The lowest BCUT2D eigenvalue weighted by atomic mass is 9.63. The summed E-state index contributed by atoms with van der Waals surface area (Å²) in [5, 5.41) is 3.71. The third-order valence-corrected chi connectivity index (χ3v) is 6.98. The average Bonchev–Trinajstić information content (AvgIpc) is 2.71. The zero-order valence-electron chi connectivity index (χ0n) is 15.5. The number of benzene rings is 2. The lowest BCUT2D eigenvalue weighted by Gasteiger charge is -2.48. The first kappa shape index (κ1) is 18.2. The van der Waals surface area contributed by atoms with Gasteiger partial charge in [0.25, 0.3) is 0 Å². The Hall–Kier alpha value is -1.16. The predicted molar refractivity (Wildman–Crippen MR) is 112 cm³/mol. The lowest BCUT2D eigenvalue weighted by Crippen LogP contribution is -2.51. The van der Waals surface area contributed by atoms with Crippen LogP contribution < -0.4 is 5.32 Å². The van der Waals surface area contributed by atoms with Gasteiger partial charge in [-0.25, -0.2) is 0 Å². The van der Waals surface area contributed by atoms with Crippen molar-refractivity contribution in [1.29, 1.82) is 0 Å². The lowest BCUT2D eigenvalue weighted by molar-refractivity contribution is 0.103. The Morgan fingerprint density at radius 1 is 1.00 bits per heavy atom. The summed E-state index contributed by atoms with van der Waals surface area (Å²) in [6.45, 7) is 5.84. The Balaban J connectivity index is 1.44. The molecule has 2 aromatic rings. The Morgan fingerprint density at radius 2 is 1.73 bits per heavy atom. The van der Waals surface area contributed by atoms with Gasteiger partial charge in [0.05, 0.1) is 0 Å². The summed E-state index contributed by atoms with van der Waals surface area (Å²) in [5.41, 5.74) is 3.31. The number of nitrogens with one attached hydrogen (secondary N) is 1. The van der Waals surface area contributed by atoms with E-state index in [1.54, 1.807) is 5.56 Å². The van der Waals surface area contributed by atoms with Crippen molar-refractivity contribution in [3.8, 4) is 0 Å². The number of hydrogen-bond acceptors (Lipinski definition) is 2. The molecule has 2 saturated heterocycles. The van der Waals surface area contributed by atoms with E-state index in [-0.39, 0.29) is 0 Å². The molecule has 2 nitrogen and oxygen atoms in total. The molecule has 2 aromatic carbocycles. The first-order valence-electron chi connectivity index (χ1n) is 9.99. The van der Waals surface area contributed by atoms with Crippen LogP contribution in [0.15, 0.2) is 59.1 Å². The second-order valence-corrected chi connectivity index (χ2v) is 8.90. The Morgan fingerprint density at radius 3 is 2.38 bits per heavy atom. The number of halogens is 1. The zero-order chi connectivity index (χ0) is 17.8. The number of likely N-dealkylation sites (tertiary alicyclic amines) is 1. The third kappa shape index (κ3) is 3.90. The predicted octanol–water partition coefficient (Wildman–Crippen LogP) is 4.98. The standard InChI is InChI=1S/C23H29BrN2/c24-22-9-7-19(8-10-22)17-26-15-11-21(12-16-26)23(13-4-14-25-18-23)20-5-2-1-3-6-20/h1-3,5-10,21,25H,4,11-18H2. The van der Waals surface area contributed by atoms with Gasteiger partial charge in [0, 0.05) is 23.0 Å². The maximum atomic E-state index is 3.71. The second-order valence-electron chi connectivity index (χ2n) is 7.98. The van der Waals surface area contributed by atoms with Crippen LogP contribution in [0.2, 0.25) is 0 Å². The molecule has 0 amide bonds. The molecule has 4 rings (SSSR count). The molecule has 1 unspecified atom stereocenters. The van der Waals surface area contributed by atoms with Gasteiger partial charge in [-0.05, 0) is 74.5 Å². The Kier molecular flexibility index (Phi) is 5.78. The maximum Gasteiger partial charge on any atom is 0.0233 e. The molecule has 0 aliphatic carbocycles. The van der Waals surface area contributed by atoms with Gasteiger partial charge < -0.3 is 5.32 Å². The molecule has 1 atom stereocenters. The van der Waals surface area contributed by atoms with Crippen molar-refractivity contribution >= 4 is 15.9 Å². The highest BCUT2D eigenvalue weighted by atomic mass is 79.9. The number of rotatable bonds is 4. The summed E-state index contributed by atoms with van der Waals surface area (Å²) in [4.78, 5) is 2.63. The Bertz CT molecular complexity index is 684. The fourth-order valence-electron chi connectivity index (χ4n) is 5.02. The quantitative estimate of drug-likeness (QED) is 0.761. The summed E-state index contributed by atoms with van der Waals surface area (Å²) in [5.74, 6) is 0.791. The van der Waals surface area contributed by atoms with Crippen molar-refractivity contribution in [2.45, 2.75) is 37.6 Å². The fourth-order valence-corrected chi connectivity index (χ4v) is 5.29. The molecule has 2 aliphatic rings. The minimum Gasteiger partial charge on any atom is -0.316 e. The highest BCUT2D eigenvalue weighted by molar-refractivity contribution is 9.10. The number of piperidine rings is 2. The van der Waals surface area contributed by atoms with E-state index < -0.39 is 0 Å². The van der Waals surface area contributed by atoms with Gasteiger partial charge in [0.1, 0.15) is 0 Å². The van der Waals surface area contributed by atoms with Crippen molar-refractivity contribution in [2.24, 2.45) is 5.92 Å². The van der Waals surface area contributed by atoms with Gasteiger partial charge in [-0.1, -0.05) is 58.4 Å². The van der Waals surface area contributed by atoms with Gasteiger partial charge >= 0.3 is 0 Å². The summed E-state index contributed by atoms with van der Waals surface area (Å²) in [6.07, 6.45) is 5.26. The highest BCUT2D eigenvalue weighted by Gasteiger charge is 2.42. The maximum absolute atomic E-state index is 3.71. The molecule has 0 saturated carbocycles. The number of hydrogen-bond donors (Lipinski definition) is 1. The Labute approximate surface area is 166 Å². The molecule has 26 heavy (non-hydrogen) atoms. The molecule has 3 heteroatoms. The molecule has 138 valence electrons. The van der Waals surface area contributed by atoms with Crippen LogP contribution in [0.1, 0.15) is 36.8 Å². The molecule has 0 radical (unpaired) electrons. The van der Waals surface area contributed by atoms with Gasteiger partial charge in [-0.3, -0.25) is 4.90 Å². The van der Waals surface area contributed by atoms with Gasteiger partial charge in [-0.2, -0.15) is 0 Å². The second kappa shape index (κ2) is 8.24. The van der Waals surface area contributed by atoms with Crippen molar-refractivity contribution in [3.63, 3.8) is 0 Å². The smallest absolute Gasteiger partial charge is 0.0233 e. The van der Waals surface area contributed by atoms with Crippen LogP contribution in [0.4, 0.5) is 0 Å². The number of nitrogens with zero attached hydrogens (tertiary/aromatic N) is 1. The molecule has 2 fully saturated rings. The normalized spacial score (nSPS) is 25.3.